The molecule has 2 aromatic carbocycles. The zero-order chi connectivity index (χ0) is 30.9. The minimum absolute atomic E-state index is 0.230. The summed E-state index contributed by atoms with van der Waals surface area (Å²) < 4.78 is 10.2. The highest BCUT2D eigenvalue weighted by atomic mass is 16.6. The molecule has 0 spiro atoms. The Morgan fingerprint density at radius 2 is 1.27 bits per heavy atom. The molecule has 228 valence electrons. The Labute approximate surface area is 252 Å². The molecule has 16 nitrogen and oxygen atoms in total. The van der Waals surface area contributed by atoms with E-state index in [0.717, 1.165) is 36.8 Å². The molecule has 0 atom stereocenters. The van der Waals surface area contributed by atoms with Gasteiger partial charge in [0.25, 0.3) is 0 Å². The zero-order valence-electron chi connectivity index (χ0n) is 23.8. The second kappa shape index (κ2) is 13.3. The quantitative estimate of drug-likeness (QED) is 0.196. The first-order chi connectivity index (χ1) is 21.3. The molecule has 0 radical (unpaired) electrons. The molecule has 0 aliphatic heterocycles. The van der Waals surface area contributed by atoms with E-state index >= 15 is 0 Å². The van der Waals surface area contributed by atoms with Crippen molar-refractivity contribution in [1.82, 2.24) is 51.9 Å². The van der Waals surface area contributed by atoms with Crippen LogP contribution in [0.4, 0.5) is 9.59 Å². The van der Waals surface area contributed by atoms with E-state index < -0.39 is 23.3 Å². The van der Waals surface area contributed by atoms with Gasteiger partial charge < -0.3 is 25.8 Å². The molecule has 4 aromatic rings. The van der Waals surface area contributed by atoms with Crippen molar-refractivity contribution in [3.8, 4) is 6.07 Å². The van der Waals surface area contributed by atoms with Crippen molar-refractivity contribution in [2.75, 3.05) is 0 Å². The summed E-state index contributed by atoms with van der Waals surface area (Å²) in [6.07, 6.45) is 3.99. The first-order valence-electron chi connectivity index (χ1n) is 14.0. The molecule has 3 fully saturated rings. The zero-order valence-corrected chi connectivity index (χ0v) is 23.8. The maximum absolute atomic E-state index is 11.7. The Morgan fingerprint density at radius 1 is 0.773 bits per heavy atom. The van der Waals surface area contributed by atoms with Gasteiger partial charge in [0.2, 0.25) is 0 Å². The molecule has 6 N–H and O–H groups in total. The van der Waals surface area contributed by atoms with Crippen LogP contribution in [0, 0.1) is 11.3 Å². The van der Waals surface area contributed by atoms with Gasteiger partial charge in [-0.05, 0) is 49.7 Å². The predicted molar refractivity (Wildman–Crippen MR) is 151 cm³/mol. The maximum atomic E-state index is 11.7. The van der Waals surface area contributed by atoms with E-state index in [4.69, 9.17) is 20.5 Å². The van der Waals surface area contributed by atoms with Gasteiger partial charge in [-0.25, -0.2) is 9.59 Å². The van der Waals surface area contributed by atoms with Gasteiger partial charge in [0, 0.05) is 0 Å². The van der Waals surface area contributed by atoms with Crippen LogP contribution in [-0.2, 0) is 33.8 Å². The molecule has 44 heavy (non-hydrogen) atoms. The van der Waals surface area contributed by atoms with Crippen LogP contribution < -0.4 is 16.4 Å². The van der Waals surface area contributed by atoms with Crippen LogP contribution in [0.15, 0.2) is 60.7 Å². The van der Waals surface area contributed by atoms with Gasteiger partial charge in [0.05, 0.1) is 11.6 Å². The number of carbonyl (C=O) groups excluding carboxylic acids is 2. The van der Waals surface area contributed by atoms with Crippen molar-refractivity contribution in [3.63, 3.8) is 0 Å². The summed E-state index contributed by atoms with van der Waals surface area (Å²) in [5.41, 5.74) is 6.20. The lowest BCUT2D eigenvalue weighted by Gasteiger charge is -2.13. The molecular formula is C28H32N12O4. The molecule has 2 amide bonds. The smallest absolute Gasteiger partial charge is 0.408 e. The molecule has 2 heterocycles. The molecule has 2 aromatic heterocycles. The Kier molecular flexibility index (Phi) is 9.05. The minimum atomic E-state index is -0.659. The van der Waals surface area contributed by atoms with Gasteiger partial charge in [0.15, 0.2) is 11.6 Å². The molecule has 0 unspecified atom stereocenters. The third kappa shape index (κ3) is 8.32. The Morgan fingerprint density at radius 3 is 1.68 bits per heavy atom. The van der Waals surface area contributed by atoms with Crippen LogP contribution in [0.2, 0.25) is 0 Å². The van der Waals surface area contributed by atoms with E-state index in [-0.39, 0.29) is 18.8 Å². The second-order valence-corrected chi connectivity index (χ2v) is 10.8. The van der Waals surface area contributed by atoms with Crippen LogP contribution in [0.3, 0.4) is 0 Å². The fourth-order valence-electron chi connectivity index (χ4n) is 3.92. The number of H-pyrrole nitrogens is 2. The van der Waals surface area contributed by atoms with Crippen LogP contribution in [0.5, 0.6) is 0 Å². The van der Waals surface area contributed by atoms with Crippen molar-refractivity contribution >= 4 is 12.2 Å². The van der Waals surface area contributed by atoms with Crippen molar-refractivity contribution in [1.29, 1.82) is 5.26 Å². The average molecular weight is 601 g/mol. The second-order valence-electron chi connectivity index (χ2n) is 10.8. The number of tetrazole rings is 2. The van der Waals surface area contributed by atoms with E-state index in [2.05, 4.69) is 58.0 Å². The van der Waals surface area contributed by atoms with Crippen LogP contribution >= 0.6 is 0 Å². The van der Waals surface area contributed by atoms with E-state index in [1.54, 1.807) is 0 Å². The van der Waals surface area contributed by atoms with Crippen molar-refractivity contribution in [2.45, 2.75) is 68.4 Å². The van der Waals surface area contributed by atoms with Crippen LogP contribution in [0.25, 0.3) is 0 Å². The largest absolute Gasteiger partial charge is 0.445 e. The normalized spacial score (nSPS) is 17.1. The lowest BCUT2D eigenvalue weighted by atomic mass is 10.2. The number of benzene rings is 2. The van der Waals surface area contributed by atoms with Crippen molar-refractivity contribution < 1.29 is 19.1 Å². The molecule has 0 bridgehead atoms. The Balaban J connectivity index is 0.000000139. The number of rotatable bonds is 8. The summed E-state index contributed by atoms with van der Waals surface area (Å²) >= 11 is 0. The number of nitrogens with two attached hydrogens (primary N) is 1. The number of carbonyl (C=O) groups is 2. The third-order valence-electron chi connectivity index (χ3n) is 7.17. The SMILES string of the molecule is N#CC1(NC(=O)OCc2ccccc2)CC1.NC1(c2nn[nH]n2)CC1.O=C(NC1(c2nn[nH]n2)CC1)OCc1ccccc1. The van der Waals surface area contributed by atoms with Gasteiger partial charge >= 0.3 is 12.2 Å². The third-order valence-corrected chi connectivity index (χ3v) is 7.17. The number of alkyl carbamates (subject to hydrolysis) is 2. The fourth-order valence-corrected chi connectivity index (χ4v) is 3.92. The Hall–Kier alpha value is -5.43. The van der Waals surface area contributed by atoms with E-state index in [1.165, 1.54) is 0 Å². The van der Waals surface area contributed by atoms with Gasteiger partial charge in [0.1, 0.15) is 24.3 Å². The molecule has 7 rings (SSSR count). The lowest BCUT2D eigenvalue weighted by Crippen LogP contribution is -2.36. The summed E-state index contributed by atoms with van der Waals surface area (Å²) in [6, 6.07) is 21.0. The summed E-state index contributed by atoms with van der Waals surface area (Å²) in [5, 5.41) is 41.2. The highest BCUT2D eigenvalue weighted by molar-refractivity contribution is 5.70. The summed E-state index contributed by atoms with van der Waals surface area (Å²) in [6.45, 7) is 0.475. The number of hydrogen-bond donors (Lipinski definition) is 5. The first kappa shape index (κ1) is 30.0. The average Bonchev–Trinajstić information content (AvgIpc) is 4.01. The number of amides is 2. The van der Waals surface area contributed by atoms with Crippen molar-refractivity contribution in [2.24, 2.45) is 5.73 Å². The topological polar surface area (TPSA) is 235 Å². The molecule has 0 saturated heterocycles. The fraction of sp³-hybridized carbons (Fsp3) is 0.393. The van der Waals surface area contributed by atoms with Gasteiger partial charge in [-0.15, -0.1) is 20.4 Å². The van der Waals surface area contributed by atoms with Gasteiger partial charge in [-0.2, -0.15) is 15.7 Å². The monoisotopic (exact) mass is 600 g/mol. The molecule has 3 aliphatic carbocycles. The molecule has 3 aliphatic rings. The first-order valence-corrected chi connectivity index (χ1v) is 14.0. The van der Waals surface area contributed by atoms with E-state index in [1.807, 2.05) is 60.7 Å². The summed E-state index contributed by atoms with van der Waals surface area (Å²) in [7, 11) is 0. The number of aromatic amines is 2. The number of aromatic nitrogens is 8. The van der Waals surface area contributed by atoms with E-state index in [9.17, 15) is 9.59 Å². The van der Waals surface area contributed by atoms with Crippen LogP contribution in [0.1, 0.15) is 61.3 Å². The highest BCUT2D eigenvalue weighted by Gasteiger charge is 2.50. The minimum Gasteiger partial charge on any atom is -0.445 e. The number of nitriles is 1. The van der Waals surface area contributed by atoms with Gasteiger partial charge in [-0.1, -0.05) is 71.1 Å². The van der Waals surface area contributed by atoms with Gasteiger partial charge in [-0.3, -0.25) is 0 Å². The standard InChI is InChI=1S/C12H13N5O2.C12H12N2O2.C4H7N5/c18-11(19-8-9-4-2-1-3-5-9)13-12(6-7-12)10-14-16-17-15-10;13-9-12(6-7-12)14-11(15)16-8-10-4-2-1-3-5-10;5-4(1-2-4)3-6-8-9-7-3/h1-5H,6-8H2,(H,13,18)(H,14,15,16,17);1-5H,6-8H2,(H,14,15);1-2,5H2,(H,6,7,8,9). The number of nitrogens with zero attached hydrogens (tertiary/aromatic N) is 7. The molecule has 3 saturated carbocycles. The number of ether oxygens (including phenoxy) is 2. The van der Waals surface area contributed by atoms with Crippen LogP contribution in [-0.4, -0.2) is 59.0 Å². The summed E-state index contributed by atoms with van der Waals surface area (Å²) in [4.78, 5) is 23.1. The predicted octanol–water partition coefficient (Wildman–Crippen LogP) is 2.23. The number of nitrogens with one attached hydrogen (secondary N) is 4. The Bertz CT molecular complexity index is 1530. The number of hydrogen-bond acceptors (Lipinski definition) is 12. The lowest BCUT2D eigenvalue weighted by molar-refractivity contribution is 0.133. The summed E-state index contributed by atoms with van der Waals surface area (Å²) in [5.74, 6) is 1.15. The highest BCUT2D eigenvalue weighted by Crippen LogP contribution is 2.43. The molecular weight excluding hydrogens is 568 g/mol. The van der Waals surface area contributed by atoms with Crippen molar-refractivity contribution in [3.05, 3.63) is 83.4 Å². The maximum Gasteiger partial charge on any atom is 0.408 e. The van der Waals surface area contributed by atoms with E-state index in [0.29, 0.717) is 24.5 Å². The molecule has 16 heteroatoms.